The highest BCUT2D eigenvalue weighted by Gasteiger charge is 2.13. The van der Waals surface area contributed by atoms with Gasteiger partial charge in [-0.05, 0) is 30.8 Å². The van der Waals surface area contributed by atoms with Crippen molar-refractivity contribution in [2.24, 2.45) is 5.73 Å². The van der Waals surface area contributed by atoms with Crippen molar-refractivity contribution in [1.82, 2.24) is 9.55 Å². The van der Waals surface area contributed by atoms with Crippen LogP contribution < -0.4 is 5.73 Å². The van der Waals surface area contributed by atoms with Gasteiger partial charge in [-0.3, -0.25) is 4.57 Å². The van der Waals surface area contributed by atoms with Gasteiger partial charge in [0.25, 0.3) is 0 Å². The van der Waals surface area contributed by atoms with E-state index in [1.807, 2.05) is 36.4 Å². The van der Waals surface area contributed by atoms with Crippen LogP contribution in [-0.4, -0.2) is 16.1 Å². The molecule has 3 nitrogen and oxygen atoms in total. The van der Waals surface area contributed by atoms with E-state index >= 15 is 0 Å². The van der Waals surface area contributed by atoms with Gasteiger partial charge in [0.05, 0.1) is 10.5 Å². The van der Waals surface area contributed by atoms with Crippen molar-refractivity contribution in [3.63, 3.8) is 0 Å². The molecule has 3 rings (SSSR count). The number of fused-ring (bicyclic) bond motifs is 1. The third-order valence-corrected chi connectivity index (χ3v) is 3.39. The number of aromatic nitrogens is 2. The van der Waals surface area contributed by atoms with Crippen molar-refractivity contribution < 1.29 is 0 Å². The lowest BCUT2D eigenvalue weighted by atomic mass is 10.2. The topological polar surface area (TPSA) is 43.8 Å². The van der Waals surface area contributed by atoms with Crippen LogP contribution in [0.5, 0.6) is 0 Å². The number of para-hydroxylation sites is 2. The number of hydrogen-bond donors (Lipinski definition) is 1. The Morgan fingerprint density at radius 2 is 1.84 bits per heavy atom. The zero-order valence-electron chi connectivity index (χ0n) is 10.4. The quantitative estimate of drug-likeness (QED) is 0.795. The van der Waals surface area contributed by atoms with Gasteiger partial charge in [-0.1, -0.05) is 35.9 Å². The molecule has 0 aliphatic carbocycles. The Balaban J connectivity index is 2.32. The lowest BCUT2D eigenvalue weighted by Gasteiger charge is -2.08. The minimum absolute atomic E-state index is 0.563. The molecule has 0 fully saturated rings. The summed E-state index contributed by atoms with van der Waals surface area (Å²) in [4.78, 5) is 4.63. The van der Waals surface area contributed by atoms with E-state index in [9.17, 15) is 0 Å². The zero-order valence-corrected chi connectivity index (χ0v) is 11.1. The molecule has 0 amide bonds. The summed E-state index contributed by atoms with van der Waals surface area (Å²) in [6.45, 7) is 0.563. The van der Waals surface area contributed by atoms with Crippen LogP contribution >= 0.6 is 11.6 Å². The summed E-state index contributed by atoms with van der Waals surface area (Å²) in [6, 6.07) is 16.0. The van der Waals surface area contributed by atoms with Crippen LogP contribution in [0.15, 0.2) is 48.5 Å². The monoisotopic (exact) mass is 271 g/mol. The molecule has 1 heterocycles. The molecule has 0 saturated heterocycles. The average molecular weight is 272 g/mol. The molecule has 3 aromatic rings. The van der Waals surface area contributed by atoms with Gasteiger partial charge in [0.2, 0.25) is 0 Å². The van der Waals surface area contributed by atoms with Gasteiger partial charge in [-0.25, -0.2) is 4.98 Å². The normalized spacial score (nSPS) is 11.1. The van der Waals surface area contributed by atoms with Gasteiger partial charge in [-0.2, -0.15) is 0 Å². The van der Waals surface area contributed by atoms with Crippen LogP contribution in [-0.2, 0) is 6.42 Å². The van der Waals surface area contributed by atoms with Gasteiger partial charge in [0, 0.05) is 12.1 Å². The fourth-order valence-corrected chi connectivity index (χ4v) is 2.49. The molecular weight excluding hydrogens is 258 g/mol. The number of imidazole rings is 1. The van der Waals surface area contributed by atoms with E-state index in [2.05, 4.69) is 21.7 Å². The van der Waals surface area contributed by atoms with Gasteiger partial charge in [0.1, 0.15) is 11.3 Å². The smallest absolute Gasteiger partial charge is 0.115 e. The van der Waals surface area contributed by atoms with E-state index in [1.54, 1.807) is 0 Å². The lowest BCUT2D eigenvalue weighted by Crippen LogP contribution is -2.08. The number of nitrogens with zero attached hydrogens (tertiary/aromatic N) is 2. The second-order valence-corrected chi connectivity index (χ2v) is 4.75. The Labute approximate surface area is 116 Å². The number of nitrogens with two attached hydrogens (primary N) is 1. The highest BCUT2D eigenvalue weighted by Crippen LogP contribution is 2.26. The van der Waals surface area contributed by atoms with E-state index in [-0.39, 0.29) is 0 Å². The maximum Gasteiger partial charge on any atom is 0.115 e. The SMILES string of the molecule is NCCc1nc2c(Cl)cccc2n1-c1ccccc1. The molecule has 2 N–H and O–H groups in total. The van der Waals surface area contributed by atoms with Crippen LogP contribution in [0.4, 0.5) is 0 Å². The minimum atomic E-state index is 0.563. The Morgan fingerprint density at radius 3 is 2.58 bits per heavy atom. The van der Waals surface area contributed by atoms with E-state index in [4.69, 9.17) is 17.3 Å². The van der Waals surface area contributed by atoms with E-state index in [0.29, 0.717) is 11.6 Å². The maximum absolute atomic E-state index is 6.22. The second-order valence-electron chi connectivity index (χ2n) is 4.35. The summed E-state index contributed by atoms with van der Waals surface area (Å²) in [5.74, 6) is 0.941. The van der Waals surface area contributed by atoms with E-state index in [1.165, 1.54) is 0 Å². The van der Waals surface area contributed by atoms with Crippen LogP contribution in [0.3, 0.4) is 0 Å². The van der Waals surface area contributed by atoms with Gasteiger partial charge >= 0.3 is 0 Å². The second kappa shape index (κ2) is 5.03. The van der Waals surface area contributed by atoms with Crippen LogP contribution in [0, 0.1) is 0 Å². The molecule has 0 aliphatic rings. The molecule has 0 saturated carbocycles. The molecule has 96 valence electrons. The van der Waals surface area contributed by atoms with Crippen molar-refractivity contribution in [2.75, 3.05) is 6.54 Å². The van der Waals surface area contributed by atoms with E-state index < -0.39 is 0 Å². The van der Waals surface area contributed by atoms with Crippen molar-refractivity contribution in [3.05, 3.63) is 59.4 Å². The molecule has 1 aromatic heterocycles. The third kappa shape index (κ3) is 2.11. The highest BCUT2D eigenvalue weighted by molar-refractivity contribution is 6.34. The number of benzene rings is 2. The first-order chi connectivity index (χ1) is 9.31. The predicted octanol–water partition coefficient (Wildman–Crippen LogP) is 3.18. The molecule has 2 aromatic carbocycles. The first-order valence-corrected chi connectivity index (χ1v) is 6.60. The maximum atomic E-state index is 6.22. The summed E-state index contributed by atoms with van der Waals surface area (Å²) in [6.07, 6.45) is 0.722. The summed E-state index contributed by atoms with van der Waals surface area (Å²) in [7, 11) is 0. The lowest BCUT2D eigenvalue weighted by molar-refractivity contribution is 0.848. The number of rotatable bonds is 3. The Hall–Kier alpha value is -1.84. The van der Waals surface area contributed by atoms with Crippen molar-refractivity contribution >= 4 is 22.6 Å². The Bertz CT molecular complexity index is 704. The van der Waals surface area contributed by atoms with Crippen molar-refractivity contribution in [2.45, 2.75) is 6.42 Å². The molecule has 0 atom stereocenters. The van der Waals surface area contributed by atoms with Crippen molar-refractivity contribution in [1.29, 1.82) is 0 Å². The summed E-state index contributed by atoms with van der Waals surface area (Å²) in [5.41, 5.74) is 8.61. The van der Waals surface area contributed by atoms with Crippen molar-refractivity contribution in [3.8, 4) is 5.69 Å². The Kier molecular flexibility index (Phi) is 3.23. The fourth-order valence-electron chi connectivity index (χ4n) is 2.28. The number of halogens is 1. The molecule has 0 radical (unpaired) electrons. The van der Waals surface area contributed by atoms with Gasteiger partial charge < -0.3 is 5.73 Å². The number of hydrogen-bond acceptors (Lipinski definition) is 2. The van der Waals surface area contributed by atoms with Crippen LogP contribution in [0.25, 0.3) is 16.7 Å². The highest BCUT2D eigenvalue weighted by atomic mass is 35.5. The first kappa shape index (κ1) is 12.2. The molecule has 0 unspecified atom stereocenters. The molecule has 0 bridgehead atoms. The largest absolute Gasteiger partial charge is 0.330 e. The summed E-state index contributed by atoms with van der Waals surface area (Å²) < 4.78 is 2.12. The van der Waals surface area contributed by atoms with E-state index in [0.717, 1.165) is 29.0 Å². The fraction of sp³-hybridized carbons (Fsp3) is 0.133. The first-order valence-electron chi connectivity index (χ1n) is 6.22. The Morgan fingerprint density at radius 1 is 1.05 bits per heavy atom. The summed E-state index contributed by atoms with van der Waals surface area (Å²) >= 11 is 6.22. The molecule has 4 heteroatoms. The van der Waals surface area contributed by atoms with Gasteiger partial charge in [0.15, 0.2) is 0 Å². The van der Waals surface area contributed by atoms with Crippen LogP contribution in [0.2, 0.25) is 5.02 Å². The molecule has 0 spiro atoms. The zero-order chi connectivity index (χ0) is 13.2. The molecule has 0 aliphatic heterocycles. The molecular formula is C15H14ClN3. The standard InChI is InChI=1S/C15H14ClN3/c16-12-7-4-8-13-15(12)18-14(9-10-17)19(13)11-5-2-1-3-6-11/h1-8H,9-10,17H2. The third-order valence-electron chi connectivity index (χ3n) is 3.09. The van der Waals surface area contributed by atoms with Gasteiger partial charge in [-0.15, -0.1) is 0 Å². The van der Waals surface area contributed by atoms with Crippen LogP contribution in [0.1, 0.15) is 5.82 Å². The molecule has 19 heavy (non-hydrogen) atoms. The average Bonchev–Trinajstić information content (AvgIpc) is 2.80. The minimum Gasteiger partial charge on any atom is -0.330 e. The predicted molar refractivity (Wildman–Crippen MR) is 78.8 cm³/mol. The summed E-state index contributed by atoms with van der Waals surface area (Å²) in [5, 5.41) is 0.672.